The van der Waals surface area contributed by atoms with Crippen molar-refractivity contribution in [3.05, 3.63) is 0 Å². The Morgan fingerprint density at radius 3 is 2.17 bits per heavy atom. The number of rotatable bonds is 2. The van der Waals surface area contributed by atoms with Gasteiger partial charge in [0.25, 0.3) is 0 Å². The molecule has 3 N–H and O–H groups in total. The highest BCUT2D eigenvalue weighted by molar-refractivity contribution is 6.31. The van der Waals surface area contributed by atoms with E-state index in [9.17, 15) is 14.4 Å². The topological polar surface area (TPSA) is 95.5 Å². The van der Waals surface area contributed by atoms with Crippen molar-refractivity contribution in [2.45, 2.75) is 13.0 Å². The van der Waals surface area contributed by atoms with E-state index in [0.29, 0.717) is 0 Å². The Bertz CT molecular complexity index is 214. The molecular weight excluding hydrogens is 164 g/mol. The average molecular weight is 174 g/mol. The molecule has 0 aromatic rings. The second-order valence-corrected chi connectivity index (χ2v) is 2.11. The Hall–Kier alpha value is -1.59. The quantitative estimate of drug-likeness (QED) is 0.436. The Kier molecular flexibility index (Phi) is 3.75. The lowest BCUT2D eigenvalue weighted by atomic mass is 10.3. The molecule has 12 heavy (non-hydrogen) atoms. The maximum absolute atomic E-state index is 10.8. The lowest BCUT2D eigenvalue weighted by Crippen LogP contribution is -2.45. The van der Waals surface area contributed by atoms with E-state index in [1.165, 1.54) is 14.0 Å². The zero-order valence-corrected chi connectivity index (χ0v) is 6.75. The standard InChI is InChI=1S/C6H10N2O4/c1-3(4(9)7-2)8-5(10)6(11)12/h3H,1-2H3,(H,7,9)(H,8,10)(H,11,12)/t3-/m0/s1. The number of hydrogen-bond donors (Lipinski definition) is 3. The molecule has 0 spiro atoms. The summed E-state index contributed by atoms with van der Waals surface area (Å²) in [4.78, 5) is 31.2. The van der Waals surface area contributed by atoms with Crippen LogP contribution in [0.15, 0.2) is 0 Å². The number of carbonyl (C=O) groups excluding carboxylic acids is 2. The van der Waals surface area contributed by atoms with Crippen molar-refractivity contribution in [2.75, 3.05) is 7.05 Å². The first-order valence-electron chi connectivity index (χ1n) is 3.24. The summed E-state index contributed by atoms with van der Waals surface area (Å²) in [7, 11) is 1.39. The lowest BCUT2D eigenvalue weighted by molar-refractivity contribution is -0.150. The van der Waals surface area contributed by atoms with E-state index in [4.69, 9.17) is 5.11 Å². The summed E-state index contributed by atoms with van der Waals surface area (Å²) in [5.41, 5.74) is 0. The summed E-state index contributed by atoms with van der Waals surface area (Å²) in [6.07, 6.45) is 0. The predicted octanol–water partition coefficient (Wildman–Crippen LogP) is -1.68. The van der Waals surface area contributed by atoms with E-state index in [-0.39, 0.29) is 0 Å². The van der Waals surface area contributed by atoms with Crippen LogP contribution in [-0.2, 0) is 14.4 Å². The van der Waals surface area contributed by atoms with Gasteiger partial charge < -0.3 is 15.7 Å². The summed E-state index contributed by atoms with van der Waals surface area (Å²) in [5, 5.41) is 12.4. The van der Waals surface area contributed by atoms with E-state index in [1.807, 2.05) is 5.32 Å². The van der Waals surface area contributed by atoms with Crippen molar-refractivity contribution in [2.24, 2.45) is 0 Å². The normalized spacial score (nSPS) is 11.5. The maximum atomic E-state index is 10.8. The highest BCUT2D eigenvalue weighted by Gasteiger charge is 2.18. The number of carbonyl (C=O) groups is 3. The molecule has 6 nitrogen and oxygen atoms in total. The third kappa shape index (κ3) is 3.00. The first-order valence-corrected chi connectivity index (χ1v) is 3.24. The number of likely N-dealkylation sites (N-methyl/N-ethyl adjacent to an activating group) is 1. The van der Waals surface area contributed by atoms with Gasteiger partial charge in [0.05, 0.1) is 0 Å². The predicted molar refractivity (Wildman–Crippen MR) is 39.3 cm³/mol. The van der Waals surface area contributed by atoms with E-state index in [0.717, 1.165) is 0 Å². The molecule has 2 amide bonds. The number of nitrogens with one attached hydrogen (secondary N) is 2. The Balaban J connectivity index is 4.01. The van der Waals surface area contributed by atoms with Crippen molar-refractivity contribution >= 4 is 17.8 Å². The molecule has 0 aliphatic carbocycles. The van der Waals surface area contributed by atoms with Gasteiger partial charge in [0, 0.05) is 7.05 Å². The van der Waals surface area contributed by atoms with E-state index >= 15 is 0 Å². The van der Waals surface area contributed by atoms with E-state index in [1.54, 1.807) is 0 Å². The second-order valence-electron chi connectivity index (χ2n) is 2.11. The van der Waals surface area contributed by atoms with Gasteiger partial charge in [-0.3, -0.25) is 9.59 Å². The summed E-state index contributed by atoms with van der Waals surface area (Å²) in [5.74, 6) is -3.23. The van der Waals surface area contributed by atoms with Crippen molar-refractivity contribution in [3.63, 3.8) is 0 Å². The van der Waals surface area contributed by atoms with E-state index < -0.39 is 23.8 Å². The molecule has 0 aliphatic rings. The summed E-state index contributed by atoms with van der Waals surface area (Å²) < 4.78 is 0. The van der Waals surface area contributed by atoms with E-state index in [2.05, 4.69) is 5.32 Å². The number of carboxylic acids is 1. The molecule has 68 valence electrons. The fourth-order valence-electron chi connectivity index (χ4n) is 0.540. The average Bonchev–Trinajstić information content (AvgIpc) is 2.02. The Labute approximate surface area is 68.9 Å². The van der Waals surface area contributed by atoms with Gasteiger partial charge in [0.2, 0.25) is 5.91 Å². The van der Waals surface area contributed by atoms with Crippen molar-refractivity contribution < 1.29 is 19.5 Å². The molecule has 0 aromatic carbocycles. The highest BCUT2D eigenvalue weighted by atomic mass is 16.4. The Morgan fingerprint density at radius 1 is 1.33 bits per heavy atom. The fourth-order valence-corrected chi connectivity index (χ4v) is 0.540. The summed E-state index contributed by atoms with van der Waals surface area (Å²) in [6.45, 7) is 1.39. The van der Waals surface area contributed by atoms with Crippen LogP contribution in [0.2, 0.25) is 0 Å². The van der Waals surface area contributed by atoms with Crippen LogP contribution < -0.4 is 10.6 Å². The van der Waals surface area contributed by atoms with Crippen molar-refractivity contribution in [1.82, 2.24) is 10.6 Å². The molecule has 0 aromatic heterocycles. The van der Waals surface area contributed by atoms with Crippen LogP contribution in [0.5, 0.6) is 0 Å². The van der Waals surface area contributed by atoms with Crippen LogP contribution in [0.1, 0.15) is 6.92 Å². The molecule has 1 atom stereocenters. The van der Waals surface area contributed by atoms with Crippen molar-refractivity contribution in [1.29, 1.82) is 0 Å². The third-order valence-electron chi connectivity index (χ3n) is 1.18. The van der Waals surface area contributed by atoms with Crippen molar-refractivity contribution in [3.8, 4) is 0 Å². The van der Waals surface area contributed by atoms with Gasteiger partial charge in [0.1, 0.15) is 6.04 Å². The van der Waals surface area contributed by atoms with Gasteiger partial charge in [-0.25, -0.2) is 4.79 Å². The first-order chi connectivity index (χ1) is 5.49. The summed E-state index contributed by atoms with van der Waals surface area (Å²) >= 11 is 0. The SMILES string of the molecule is CNC(=O)[C@H](C)NC(=O)C(=O)O. The number of amides is 2. The lowest BCUT2D eigenvalue weighted by Gasteiger charge is -2.09. The molecular formula is C6H10N2O4. The second kappa shape index (κ2) is 4.32. The Morgan fingerprint density at radius 2 is 1.83 bits per heavy atom. The largest absolute Gasteiger partial charge is 0.474 e. The minimum atomic E-state index is -1.61. The van der Waals surface area contributed by atoms with Crippen LogP contribution >= 0.6 is 0 Å². The number of hydrogen-bond acceptors (Lipinski definition) is 3. The van der Waals surface area contributed by atoms with Crippen LogP contribution in [0, 0.1) is 0 Å². The smallest absolute Gasteiger partial charge is 0.394 e. The molecule has 0 saturated heterocycles. The van der Waals surface area contributed by atoms with Crippen LogP contribution in [-0.4, -0.2) is 36.0 Å². The van der Waals surface area contributed by atoms with Gasteiger partial charge in [-0.15, -0.1) is 0 Å². The van der Waals surface area contributed by atoms with Gasteiger partial charge in [0.15, 0.2) is 0 Å². The minimum Gasteiger partial charge on any atom is -0.474 e. The zero-order chi connectivity index (χ0) is 9.72. The molecule has 0 radical (unpaired) electrons. The molecule has 0 rings (SSSR count). The zero-order valence-electron chi connectivity index (χ0n) is 6.75. The molecule has 0 saturated carbocycles. The number of aliphatic carboxylic acids is 1. The number of carboxylic acid groups (broad SMARTS) is 1. The summed E-state index contributed by atoms with van der Waals surface area (Å²) in [6, 6.07) is -0.835. The van der Waals surface area contributed by atoms with Gasteiger partial charge in [-0.1, -0.05) is 0 Å². The van der Waals surface area contributed by atoms with Gasteiger partial charge in [-0.2, -0.15) is 0 Å². The van der Waals surface area contributed by atoms with Crippen LogP contribution in [0.3, 0.4) is 0 Å². The maximum Gasteiger partial charge on any atom is 0.394 e. The monoisotopic (exact) mass is 174 g/mol. The van der Waals surface area contributed by atoms with Crippen LogP contribution in [0.25, 0.3) is 0 Å². The molecule has 0 fully saturated rings. The molecule has 0 bridgehead atoms. The third-order valence-corrected chi connectivity index (χ3v) is 1.18. The highest BCUT2D eigenvalue weighted by Crippen LogP contribution is 1.80. The molecule has 0 unspecified atom stereocenters. The molecule has 0 aliphatic heterocycles. The molecule has 6 heteroatoms. The van der Waals surface area contributed by atoms with Gasteiger partial charge in [-0.05, 0) is 6.92 Å². The molecule has 0 heterocycles. The minimum absolute atomic E-state index is 0.440. The van der Waals surface area contributed by atoms with Crippen LogP contribution in [0.4, 0.5) is 0 Å². The first kappa shape index (κ1) is 10.4. The fraction of sp³-hybridized carbons (Fsp3) is 0.500. The van der Waals surface area contributed by atoms with Gasteiger partial charge >= 0.3 is 11.9 Å².